The Morgan fingerprint density at radius 2 is 1.95 bits per heavy atom. The number of rotatable bonds is 3. The van der Waals surface area contributed by atoms with Gasteiger partial charge in [-0.1, -0.05) is 0 Å². The van der Waals surface area contributed by atoms with Crippen LogP contribution in [0.3, 0.4) is 0 Å². The fourth-order valence-corrected chi connectivity index (χ4v) is 1.29. The summed E-state index contributed by atoms with van der Waals surface area (Å²) in [4.78, 5) is 27.4. The van der Waals surface area contributed by atoms with Crippen molar-refractivity contribution >= 4 is 18.0 Å². The zero-order valence-electron chi connectivity index (χ0n) is 11.4. The first-order valence-corrected chi connectivity index (χ1v) is 5.75. The van der Waals surface area contributed by atoms with E-state index in [0.717, 1.165) is 0 Å². The minimum absolute atomic E-state index is 0.0440. The Morgan fingerprint density at radius 3 is 2.47 bits per heavy atom. The van der Waals surface area contributed by atoms with Crippen molar-refractivity contribution in [3.63, 3.8) is 0 Å². The Kier molecular flexibility index (Phi) is 4.43. The molecule has 0 radical (unpaired) electrons. The van der Waals surface area contributed by atoms with Gasteiger partial charge in [0.25, 0.3) is 0 Å². The number of hydrogen-bond donors (Lipinski definition) is 1. The van der Waals surface area contributed by atoms with Crippen molar-refractivity contribution in [2.45, 2.75) is 26.3 Å². The zero-order chi connectivity index (χ0) is 14.6. The number of esters is 1. The van der Waals surface area contributed by atoms with E-state index in [9.17, 15) is 14.7 Å². The van der Waals surface area contributed by atoms with Gasteiger partial charge in [-0.2, -0.15) is 0 Å². The predicted octanol–water partition coefficient (Wildman–Crippen LogP) is 2.23. The third-order valence-corrected chi connectivity index (χ3v) is 2.26. The van der Waals surface area contributed by atoms with Gasteiger partial charge in [0.2, 0.25) is 5.78 Å². The number of aromatic hydroxyl groups is 1. The molecule has 102 valence electrons. The maximum absolute atomic E-state index is 11.9. The first-order chi connectivity index (χ1) is 8.74. The van der Waals surface area contributed by atoms with E-state index in [0.29, 0.717) is 0 Å². The number of nitrogens with zero attached hydrogens (tertiary/aromatic N) is 1. The number of Topliss-reactive ketones (excluding diaryl/α,β-unsaturated/α-hetero) is 1. The monoisotopic (exact) mass is 263 g/mol. The van der Waals surface area contributed by atoms with Crippen LogP contribution in [-0.2, 0) is 4.74 Å². The van der Waals surface area contributed by atoms with Crippen molar-refractivity contribution in [3.8, 4) is 5.75 Å². The van der Waals surface area contributed by atoms with Gasteiger partial charge in [0.15, 0.2) is 0 Å². The molecular formula is C14H17NO4. The molecule has 0 heterocycles. The van der Waals surface area contributed by atoms with Gasteiger partial charge in [-0.3, -0.25) is 9.79 Å². The molecule has 0 aromatic heterocycles. The number of phenolic OH excluding ortho intramolecular Hbond substituents is 1. The molecule has 0 bridgehead atoms. The number of hydrogen-bond acceptors (Lipinski definition) is 5. The molecule has 5 heteroatoms. The average Bonchev–Trinajstić information content (AvgIpc) is 2.34. The number of benzene rings is 1. The molecule has 0 saturated heterocycles. The molecule has 0 aliphatic carbocycles. The van der Waals surface area contributed by atoms with Crippen molar-refractivity contribution < 1.29 is 19.4 Å². The molecule has 0 aliphatic rings. The van der Waals surface area contributed by atoms with Gasteiger partial charge in [-0.25, -0.2) is 4.79 Å². The standard InChI is InChI=1S/C14H17NO4/c1-14(2,3)15-8-12(17)9-5-6-11(16)10(7-9)13(18)19-4/h5-8,16H,1-4H3/b15-8+. The van der Waals surface area contributed by atoms with E-state index in [4.69, 9.17) is 0 Å². The maximum atomic E-state index is 11.9. The van der Waals surface area contributed by atoms with Gasteiger partial charge in [0.1, 0.15) is 11.3 Å². The normalized spacial score (nSPS) is 11.6. The molecule has 5 nitrogen and oxygen atoms in total. The lowest BCUT2D eigenvalue weighted by Gasteiger charge is -2.10. The second-order valence-electron chi connectivity index (χ2n) is 5.02. The van der Waals surface area contributed by atoms with Crippen molar-refractivity contribution in [2.24, 2.45) is 4.99 Å². The zero-order valence-corrected chi connectivity index (χ0v) is 11.4. The van der Waals surface area contributed by atoms with Gasteiger partial charge < -0.3 is 9.84 Å². The third-order valence-electron chi connectivity index (χ3n) is 2.26. The van der Waals surface area contributed by atoms with E-state index in [1.165, 1.54) is 31.5 Å². The van der Waals surface area contributed by atoms with Crippen molar-refractivity contribution in [1.29, 1.82) is 0 Å². The summed E-state index contributed by atoms with van der Waals surface area (Å²) in [6, 6.07) is 4.00. The minimum Gasteiger partial charge on any atom is -0.507 e. The third kappa shape index (κ3) is 4.21. The van der Waals surface area contributed by atoms with E-state index in [-0.39, 0.29) is 28.2 Å². The number of carbonyl (C=O) groups is 2. The minimum atomic E-state index is -0.695. The lowest BCUT2D eigenvalue weighted by Crippen LogP contribution is -2.13. The van der Waals surface area contributed by atoms with Crippen LogP contribution in [0.1, 0.15) is 41.5 Å². The van der Waals surface area contributed by atoms with Crippen LogP contribution in [-0.4, -0.2) is 35.7 Å². The summed E-state index contributed by atoms with van der Waals surface area (Å²) in [5, 5.41) is 9.53. The van der Waals surface area contributed by atoms with E-state index in [1.807, 2.05) is 20.8 Å². The molecule has 1 rings (SSSR count). The summed E-state index contributed by atoms with van der Waals surface area (Å²) in [6.45, 7) is 5.61. The van der Waals surface area contributed by atoms with Crippen molar-refractivity contribution in [3.05, 3.63) is 29.3 Å². The molecular weight excluding hydrogens is 246 g/mol. The summed E-state index contributed by atoms with van der Waals surface area (Å²) < 4.78 is 4.52. The highest BCUT2D eigenvalue weighted by Crippen LogP contribution is 2.19. The number of aliphatic imine (C=N–C) groups is 1. The van der Waals surface area contributed by atoms with Gasteiger partial charge in [-0.15, -0.1) is 0 Å². The molecule has 0 aliphatic heterocycles. The molecule has 1 aromatic carbocycles. The molecule has 1 N–H and O–H groups in total. The maximum Gasteiger partial charge on any atom is 0.341 e. The lowest BCUT2D eigenvalue weighted by atomic mass is 10.1. The van der Waals surface area contributed by atoms with E-state index in [2.05, 4.69) is 9.73 Å². The second-order valence-corrected chi connectivity index (χ2v) is 5.02. The van der Waals surface area contributed by atoms with E-state index in [1.54, 1.807) is 0 Å². The largest absolute Gasteiger partial charge is 0.507 e. The fourth-order valence-electron chi connectivity index (χ4n) is 1.29. The van der Waals surface area contributed by atoms with E-state index < -0.39 is 5.97 Å². The SMILES string of the molecule is COC(=O)c1cc(C(=O)/C=N/C(C)(C)C)ccc1O. The summed E-state index contributed by atoms with van der Waals surface area (Å²) in [5.74, 6) is -1.25. The number of ketones is 1. The first-order valence-electron chi connectivity index (χ1n) is 5.75. The quantitative estimate of drug-likeness (QED) is 0.515. The van der Waals surface area contributed by atoms with Crippen LogP contribution in [0, 0.1) is 0 Å². The summed E-state index contributed by atoms with van der Waals surface area (Å²) in [5.41, 5.74) is -0.124. The predicted molar refractivity (Wildman–Crippen MR) is 72.0 cm³/mol. The molecule has 0 atom stereocenters. The highest BCUT2D eigenvalue weighted by atomic mass is 16.5. The Balaban J connectivity index is 3.06. The number of carbonyl (C=O) groups excluding carboxylic acids is 2. The molecule has 0 unspecified atom stereocenters. The van der Waals surface area contributed by atoms with Crippen LogP contribution in [0.5, 0.6) is 5.75 Å². The summed E-state index contributed by atoms with van der Waals surface area (Å²) >= 11 is 0. The van der Waals surface area contributed by atoms with Crippen LogP contribution in [0.15, 0.2) is 23.2 Å². The van der Waals surface area contributed by atoms with Crippen LogP contribution < -0.4 is 0 Å². The Hall–Kier alpha value is -2.17. The molecule has 0 fully saturated rings. The van der Waals surface area contributed by atoms with Gasteiger partial charge in [0.05, 0.1) is 18.9 Å². The average molecular weight is 263 g/mol. The molecule has 0 saturated carbocycles. The van der Waals surface area contributed by atoms with Gasteiger partial charge >= 0.3 is 5.97 Å². The van der Waals surface area contributed by atoms with Crippen LogP contribution >= 0.6 is 0 Å². The number of methoxy groups -OCH3 is 1. The highest BCUT2D eigenvalue weighted by molar-refractivity contribution is 6.35. The van der Waals surface area contributed by atoms with E-state index >= 15 is 0 Å². The van der Waals surface area contributed by atoms with Crippen LogP contribution in [0.25, 0.3) is 0 Å². The topological polar surface area (TPSA) is 76.0 Å². The molecule has 19 heavy (non-hydrogen) atoms. The van der Waals surface area contributed by atoms with Gasteiger partial charge in [0, 0.05) is 5.56 Å². The fraction of sp³-hybridized carbons (Fsp3) is 0.357. The Morgan fingerprint density at radius 1 is 1.32 bits per heavy atom. The first kappa shape index (κ1) is 14.9. The highest BCUT2D eigenvalue weighted by Gasteiger charge is 2.15. The van der Waals surface area contributed by atoms with Crippen molar-refractivity contribution in [2.75, 3.05) is 7.11 Å². The smallest absolute Gasteiger partial charge is 0.341 e. The van der Waals surface area contributed by atoms with Gasteiger partial charge in [-0.05, 0) is 39.0 Å². The second kappa shape index (κ2) is 5.65. The summed E-state index contributed by atoms with van der Waals surface area (Å²) in [7, 11) is 1.21. The summed E-state index contributed by atoms with van der Waals surface area (Å²) in [6.07, 6.45) is 1.22. The molecule has 1 aromatic rings. The van der Waals surface area contributed by atoms with Crippen molar-refractivity contribution in [1.82, 2.24) is 0 Å². The lowest BCUT2D eigenvalue weighted by molar-refractivity contribution is 0.0597. The Bertz CT molecular complexity index is 527. The number of ether oxygens (including phenoxy) is 1. The van der Waals surface area contributed by atoms with Crippen LogP contribution in [0.4, 0.5) is 0 Å². The number of phenols is 1. The van der Waals surface area contributed by atoms with Crippen LogP contribution in [0.2, 0.25) is 0 Å². The molecule has 0 amide bonds. The Labute approximate surface area is 111 Å². The molecule has 0 spiro atoms.